The van der Waals surface area contributed by atoms with Crippen LogP contribution in [-0.4, -0.2) is 24.6 Å². The zero-order valence-electron chi connectivity index (χ0n) is 12.7. The molecule has 2 heterocycles. The van der Waals surface area contributed by atoms with E-state index in [-0.39, 0.29) is 0 Å². The molecule has 2 aromatic rings. The lowest BCUT2D eigenvalue weighted by atomic mass is 10.1. The van der Waals surface area contributed by atoms with Crippen LogP contribution in [0.4, 0.5) is 5.69 Å². The van der Waals surface area contributed by atoms with Crippen molar-refractivity contribution in [2.45, 2.75) is 26.3 Å². The highest BCUT2D eigenvalue weighted by atomic mass is 15.1. The molecule has 21 heavy (non-hydrogen) atoms. The maximum absolute atomic E-state index is 4.18. The highest BCUT2D eigenvalue weighted by molar-refractivity contribution is 5.57. The molecular formula is C18H23N3. The van der Waals surface area contributed by atoms with Crippen molar-refractivity contribution in [2.75, 3.05) is 24.5 Å². The summed E-state index contributed by atoms with van der Waals surface area (Å²) in [6.07, 6.45) is 6.18. The Kier molecular flexibility index (Phi) is 4.51. The minimum absolute atomic E-state index is 0.913. The molecule has 1 aliphatic rings. The van der Waals surface area contributed by atoms with Crippen LogP contribution in [0.3, 0.4) is 0 Å². The van der Waals surface area contributed by atoms with Gasteiger partial charge in [-0.15, -0.1) is 0 Å². The summed E-state index contributed by atoms with van der Waals surface area (Å²) >= 11 is 0. The summed E-state index contributed by atoms with van der Waals surface area (Å²) in [5.74, 6) is 0. The van der Waals surface area contributed by atoms with Crippen molar-refractivity contribution in [3.8, 4) is 0 Å². The number of fused-ring (bicyclic) bond motifs is 1. The predicted octanol–water partition coefficient (Wildman–Crippen LogP) is 2.93. The van der Waals surface area contributed by atoms with Crippen LogP contribution < -0.4 is 10.2 Å². The second kappa shape index (κ2) is 6.72. The standard InChI is InChI=1S/C18H23N3/c1-15-7-10-20-14-17(15)13-19-9-4-11-21-12-8-16-5-2-3-6-18(16)21/h2-3,5-7,10,14,19H,4,8-9,11-13H2,1H3. The number of aryl methyl sites for hydroxylation is 1. The summed E-state index contributed by atoms with van der Waals surface area (Å²) in [5, 5.41) is 3.52. The van der Waals surface area contributed by atoms with Crippen molar-refractivity contribution in [3.63, 3.8) is 0 Å². The molecule has 1 aromatic carbocycles. The first-order valence-corrected chi connectivity index (χ1v) is 7.77. The van der Waals surface area contributed by atoms with Gasteiger partial charge in [0.2, 0.25) is 0 Å². The lowest BCUT2D eigenvalue weighted by molar-refractivity contribution is 0.636. The second-order valence-corrected chi connectivity index (χ2v) is 5.70. The molecule has 0 radical (unpaired) electrons. The Morgan fingerprint density at radius 1 is 1.24 bits per heavy atom. The van der Waals surface area contributed by atoms with Gasteiger partial charge in [0, 0.05) is 37.7 Å². The fourth-order valence-corrected chi connectivity index (χ4v) is 2.94. The molecule has 0 saturated heterocycles. The zero-order valence-corrected chi connectivity index (χ0v) is 12.7. The van der Waals surface area contributed by atoms with Crippen molar-refractivity contribution in [1.82, 2.24) is 10.3 Å². The quantitative estimate of drug-likeness (QED) is 0.825. The third-order valence-electron chi connectivity index (χ3n) is 4.23. The number of benzene rings is 1. The van der Waals surface area contributed by atoms with E-state index in [4.69, 9.17) is 0 Å². The first kappa shape index (κ1) is 14.1. The van der Waals surface area contributed by atoms with Gasteiger partial charge in [-0.1, -0.05) is 18.2 Å². The van der Waals surface area contributed by atoms with Crippen LogP contribution in [-0.2, 0) is 13.0 Å². The number of pyridine rings is 1. The van der Waals surface area contributed by atoms with E-state index in [0.717, 1.165) is 19.6 Å². The minimum atomic E-state index is 0.913. The van der Waals surface area contributed by atoms with Gasteiger partial charge in [-0.05, 0) is 55.1 Å². The number of hydrogen-bond donors (Lipinski definition) is 1. The summed E-state index contributed by atoms with van der Waals surface area (Å²) < 4.78 is 0. The monoisotopic (exact) mass is 281 g/mol. The van der Waals surface area contributed by atoms with E-state index in [1.807, 2.05) is 12.4 Å². The van der Waals surface area contributed by atoms with Gasteiger partial charge in [0.25, 0.3) is 0 Å². The Bertz CT molecular complexity index is 595. The molecule has 0 bridgehead atoms. The van der Waals surface area contributed by atoms with Crippen molar-refractivity contribution >= 4 is 5.69 Å². The van der Waals surface area contributed by atoms with Crippen molar-refractivity contribution < 1.29 is 0 Å². The number of nitrogens with one attached hydrogen (secondary N) is 1. The molecular weight excluding hydrogens is 258 g/mol. The van der Waals surface area contributed by atoms with Crippen LogP contribution in [0.1, 0.15) is 23.1 Å². The highest BCUT2D eigenvalue weighted by Crippen LogP contribution is 2.27. The molecule has 0 spiro atoms. The van der Waals surface area contributed by atoms with Crippen molar-refractivity contribution in [2.24, 2.45) is 0 Å². The molecule has 0 atom stereocenters. The smallest absolute Gasteiger partial charge is 0.0399 e. The molecule has 0 unspecified atom stereocenters. The Hall–Kier alpha value is -1.87. The van der Waals surface area contributed by atoms with E-state index < -0.39 is 0 Å². The lowest BCUT2D eigenvalue weighted by Crippen LogP contribution is -2.25. The average Bonchev–Trinajstić information content (AvgIpc) is 2.92. The molecule has 1 N–H and O–H groups in total. The molecule has 0 saturated carbocycles. The van der Waals surface area contributed by atoms with Gasteiger partial charge < -0.3 is 10.2 Å². The number of anilines is 1. The number of hydrogen-bond acceptors (Lipinski definition) is 3. The predicted molar refractivity (Wildman–Crippen MR) is 87.7 cm³/mol. The topological polar surface area (TPSA) is 28.2 Å². The van der Waals surface area contributed by atoms with E-state index in [0.29, 0.717) is 0 Å². The van der Waals surface area contributed by atoms with Crippen LogP contribution in [0.5, 0.6) is 0 Å². The summed E-state index contributed by atoms with van der Waals surface area (Å²) in [6.45, 7) is 6.40. The lowest BCUT2D eigenvalue weighted by Gasteiger charge is -2.19. The second-order valence-electron chi connectivity index (χ2n) is 5.70. The van der Waals surface area contributed by atoms with Gasteiger partial charge in [0.05, 0.1) is 0 Å². The van der Waals surface area contributed by atoms with Gasteiger partial charge in [-0.2, -0.15) is 0 Å². The fourth-order valence-electron chi connectivity index (χ4n) is 2.94. The van der Waals surface area contributed by atoms with Crippen molar-refractivity contribution in [3.05, 3.63) is 59.4 Å². The molecule has 1 aliphatic heterocycles. The molecule has 3 heteroatoms. The molecule has 1 aromatic heterocycles. The highest BCUT2D eigenvalue weighted by Gasteiger charge is 2.17. The summed E-state index contributed by atoms with van der Waals surface area (Å²) in [6, 6.07) is 10.8. The number of para-hydroxylation sites is 1. The first-order valence-electron chi connectivity index (χ1n) is 7.77. The van der Waals surface area contributed by atoms with Crippen LogP contribution in [0.15, 0.2) is 42.7 Å². The fraction of sp³-hybridized carbons (Fsp3) is 0.389. The van der Waals surface area contributed by atoms with E-state index >= 15 is 0 Å². The largest absolute Gasteiger partial charge is 0.371 e. The maximum Gasteiger partial charge on any atom is 0.0399 e. The van der Waals surface area contributed by atoms with Gasteiger partial charge in [0.1, 0.15) is 0 Å². The minimum Gasteiger partial charge on any atom is -0.371 e. The van der Waals surface area contributed by atoms with Gasteiger partial charge in [-0.25, -0.2) is 0 Å². The Morgan fingerprint density at radius 2 is 2.14 bits per heavy atom. The van der Waals surface area contributed by atoms with Crippen LogP contribution in [0.25, 0.3) is 0 Å². The Balaban J connectivity index is 1.41. The number of nitrogens with zero attached hydrogens (tertiary/aromatic N) is 2. The van der Waals surface area contributed by atoms with Gasteiger partial charge >= 0.3 is 0 Å². The first-order chi connectivity index (χ1) is 10.3. The SMILES string of the molecule is Cc1ccncc1CNCCCN1CCc2ccccc21. The van der Waals surface area contributed by atoms with Crippen LogP contribution in [0, 0.1) is 6.92 Å². The Labute approximate surface area is 127 Å². The molecule has 0 fully saturated rings. The summed E-state index contributed by atoms with van der Waals surface area (Å²) in [5.41, 5.74) is 5.53. The van der Waals surface area contributed by atoms with Crippen molar-refractivity contribution in [1.29, 1.82) is 0 Å². The number of rotatable bonds is 6. The van der Waals surface area contributed by atoms with E-state index in [1.165, 1.54) is 41.8 Å². The molecule has 0 amide bonds. The molecule has 3 nitrogen and oxygen atoms in total. The molecule has 0 aliphatic carbocycles. The molecule has 3 rings (SSSR count). The normalized spacial score (nSPS) is 13.5. The Morgan fingerprint density at radius 3 is 3.05 bits per heavy atom. The third-order valence-corrected chi connectivity index (χ3v) is 4.23. The molecule has 110 valence electrons. The maximum atomic E-state index is 4.18. The van der Waals surface area contributed by atoms with Crippen LogP contribution >= 0.6 is 0 Å². The zero-order chi connectivity index (χ0) is 14.5. The third kappa shape index (κ3) is 3.42. The van der Waals surface area contributed by atoms with Gasteiger partial charge in [-0.3, -0.25) is 4.98 Å². The van der Waals surface area contributed by atoms with Gasteiger partial charge in [0.15, 0.2) is 0 Å². The number of aromatic nitrogens is 1. The van der Waals surface area contributed by atoms with E-state index in [1.54, 1.807) is 0 Å². The average molecular weight is 281 g/mol. The van der Waals surface area contributed by atoms with E-state index in [2.05, 4.69) is 52.5 Å². The summed E-state index contributed by atoms with van der Waals surface area (Å²) in [7, 11) is 0. The van der Waals surface area contributed by atoms with Crippen LogP contribution in [0.2, 0.25) is 0 Å². The van der Waals surface area contributed by atoms with E-state index in [9.17, 15) is 0 Å². The summed E-state index contributed by atoms with van der Waals surface area (Å²) in [4.78, 5) is 6.69.